The lowest BCUT2D eigenvalue weighted by molar-refractivity contribution is -0.141. The Morgan fingerprint density at radius 1 is 1.22 bits per heavy atom. The number of carbonyl (C=O) groups excluding carboxylic acids is 2. The highest BCUT2D eigenvalue weighted by molar-refractivity contribution is 6.31. The second-order valence-corrected chi connectivity index (χ2v) is 10.5. The summed E-state index contributed by atoms with van der Waals surface area (Å²) in [6.07, 6.45) is 0.383. The molecule has 3 aromatic heterocycles. The van der Waals surface area contributed by atoms with Crippen LogP contribution in [0.25, 0.3) is 22.4 Å². The van der Waals surface area contributed by atoms with Gasteiger partial charge in [-0.05, 0) is 17.5 Å². The summed E-state index contributed by atoms with van der Waals surface area (Å²) >= 11 is 6.10. The van der Waals surface area contributed by atoms with E-state index in [1.54, 1.807) is 23.2 Å². The normalized spacial score (nSPS) is 16.8. The molecule has 13 heteroatoms. The maximum atomic E-state index is 12.9. The number of fused-ring (bicyclic) bond motifs is 1. The number of piperazine rings is 1. The maximum Gasteiger partial charge on any atom is 0.405 e. The number of nitrogens with zero attached hydrogens (tertiary/aromatic N) is 5. The predicted octanol–water partition coefficient (Wildman–Crippen LogP) is 3.81. The van der Waals surface area contributed by atoms with Gasteiger partial charge in [-0.2, -0.15) is 13.2 Å². The molecule has 1 saturated heterocycles. The zero-order chi connectivity index (χ0) is 27.0. The fraction of sp³-hybridized carbons (Fsp3) is 0.458. The number of rotatable bonds is 5. The van der Waals surface area contributed by atoms with E-state index in [9.17, 15) is 22.8 Å². The number of hydrogen-bond acceptors (Lipinski definition) is 6. The first-order valence-corrected chi connectivity index (χ1v) is 12.0. The van der Waals surface area contributed by atoms with E-state index in [2.05, 4.69) is 19.9 Å². The number of H-pyrrole nitrogens is 1. The van der Waals surface area contributed by atoms with Crippen molar-refractivity contribution in [3.05, 3.63) is 35.7 Å². The van der Waals surface area contributed by atoms with Gasteiger partial charge in [0.05, 0.1) is 11.6 Å². The predicted molar refractivity (Wildman–Crippen MR) is 133 cm³/mol. The van der Waals surface area contributed by atoms with Crippen LogP contribution in [0.1, 0.15) is 27.2 Å². The molecule has 0 spiro atoms. The Hall–Kier alpha value is -3.41. The Bertz CT molecular complexity index is 1310. The van der Waals surface area contributed by atoms with Crippen molar-refractivity contribution in [1.29, 1.82) is 0 Å². The summed E-state index contributed by atoms with van der Waals surface area (Å²) in [5.41, 5.74) is 0.939. The summed E-state index contributed by atoms with van der Waals surface area (Å²) in [6.45, 7) is 4.73. The van der Waals surface area contributed by atoms with E-state index < -0.39 is 24.7 Å². The SMILES string of the molecule is CC(C)(C)CC(=O)N1CCN(c2ccnc(-c3c[nH]c4ncc(Cl)cc34)n2)[C@@H](C(=O)NCC(F)(F)F)C1. The third-order valence-corrected chi connectivity index (χ3v) is 6.06. The zero-order valence-electron chi connectivity index (χ0n) is 20.6. The average Bonchev–Trinajstić information content (AvgIpc) is 3.23. The number of alkyl halides is 3. The number of halogens is 4. The molecule has 1 atom stereocenters. The maximum absolute atomic E-state index is 12.9. The van der Waals surface area contributed by atoms with Crippen LogP contribution < -0.4 is 10.2 Å². The van der Waals surface area contributed by atoms with Gasteiger partial charge in [0, 0.05) is 49.1 Å². The first-order valence-electron chi connectivity index (χ1n) is 11.7. The average molecular weight is 538 g/mol. The molecule has 198 valence electrons. The molecule has 4 heterocycles. The van der Waals surface area contributed by atoms with Crippen molar-refractivity contribution >= 4 is 40.3 Å². The van der Waals surface area contributed by atoms with Gasteiger partial charge in [-0.1, -0.05) is 32.4 Å². The molecule has 2 amide bonds. The summed E-state index contributed by atoms with van der Waals surface area (Å²) in [5.74, 6) is -0.320. The molecular weight excluding hydrogens is 511 g/mol. The Balaban J connectivity index is 1.64. The molecule has 1 fully saturated rings. The molecular formula is C24H27ClF3N7O2. The smallest absolute Gasteiger partial charge is 0.345 e. The van der Waals surface area contributed by atoms with Crippen molar-refractivity contribution in [2.75, 3.05) is 31.1 Å². The summed E-state index contributed by atoms with van der Waals surface area (Å²) in [7, 11) is 0. The first kappa shape index (κ1) is 26.6. The molecule has 0 bridgehead atoms. The largest absolute Gasteiger partial charge is 0.405 e. The van der Waals surface area contributed by atoms with Gasteiger partial charge < -0.3 is 20.1 Å². The van der Waals surface area contributed by atoms with Crippen LogP contribution in [0, 0.1) is 5.41 Å². The number of carbonyl (C=O) groups is 2. The van der Waals surface area contributed by atoms with E-state index in [0.717, 1.165) is 0 Å². The molecule has 4 rings (SSSR count). The third kappa shape index (κ3) is 6.48. The number of aromatic nitrogens is 4. The summed E-state index contributed by atoms with van der Waals surface area (Å²) in [5, 5.41) is 3.09. The van der Waals surface area contributed by atoms with E-state index in [4.69, 9.17) is 11.6 Å². The molecule has 3 aromatic rings. The summed E-state index contributed by atoms with van der Waals surface area (Å²) in [4.78, 5) is 45.1. The summed E-state index contributed by atoms with van der Waals surface area (Å²) in [6, 6.07) is 2.24. The molecule has 0 radical (unpaired) electrons. The van der Waals surface area contributed by atoms with Crippen LogP contribution in [0.4, 0.5) is 19.0 Å². The zero-order valence-corrected chi connectivity index (χ0v) is 21.3. The Morgan fingerprint density at radius 2 is 1.97 bits per heavy atom. The van der Waals surface area contributed by atoms with E-state index in [1.807, 2.05) is 26.1 Å². The number of amides is 2. The Kier molecular flexibility index (Phi) is 7.31. The van der Waals surface area contributed by atoms with Crippen LogP contribution >= 0.6 is 11.6 Å². The second kappa shape index (κ2) is 10.2. The molecule has 0 aliphatic carbocycles. The third-order valence-electron chi connectivity index (χ3n) is 5.85. The molecule has 1 aliphatic heterocycles. The molecule has 1 aliphatic rings. The topological polar surface area (TPSA) is 107 Å². The quantitative estimate of drug-likeness (QED) is 0.512. The number of anilines is 1. The van der Waals surface area contributed by atoms with Gasteiger partial charge in [-0.25, -0.2) is 15.0 Å². The minimum Gasteiger partial charge on any atom is -0.345 e. The molecule has 0 saturated carbocycles. The van der Waals surface area contributed by atoms with Crippen molar-refractivity contribution in [2.24, 2.45) is 5.41 Å². The first-order chi connectivity index (χ1) is 17.3. The Morgan fingerprint density at radius 3 is 2.68 bits per heavy atom. The highest BCUT2D eigenvalue weighted by Gasteiger charge is 2.38. The van der Waals surface area contributed by atoms with Gasteiger partial charge >= 0.3 is 6.18 Å². The van der Waals surface area contributed by atoms with Crippen LogP contribution in [0.2, 0.25) is 5.02 Å². The highest BCUT2D eigenvalue weighted by Crippen LogP contribution is 2.29. The number of nitrogens with one attached hydrogen (secondary N) is 2. The van der Waals surface area contributed by atoms with E-state index >= 15 is 0 Å². The second-order valence-electron chi connectivity index (χ2n) is 10.1. The Labute approximate surface area is 216 Å². The van der Waals surface area contributed by atoms with Gasteiger partial charge in [-0.15, -0.1) is 0 Å². The van der Waals surface area contributed by atoms with Gasteiger partial charge in [0.25, 0.3) is 0 Å². The van der Waals surface area contributed by atoms with Crippen molar-refractivity contribution in [3.63, 3.8) is 0 Å². The van der Waals surface area contributed by atoms with E-state index in [-0.39, 0.29) is 30.8 Å². The molecule has 0 unspecified atom stereocenters. The minimum atomic E-state index is -4.57. The van der Waals surface area contributed by atoms with Crippen LogP contribution in [-0.2, 0) is 9.59 Å². The molecule has 9 nitrogen and oxygen atoms in total. The van der Waals surface area contributed by atoms with Crippen LogP contribution in [-0.4, -0.2) is 75.0 Å². The van der Waals surface area contributed by atoms with Crippen LogP contribution in [0.3, 0.4) is 0 Å². The van der Waals surface area contributed by atoms with Crippen molar-refractivity contribution < 1.29 is 22.8 Å². The standard InChI is InChI=1S/C24H27ClF3N7O2/c1-23(2,3)9-19(36)34-6-7-35(17(12-34)22(37)32-13-24(26,27)28)18-4-5-29-21(33-18)16-11-31-20-15(16)8-14(25)10-30-20/h4-5,8,10-11,17H,6-7,9,12-13H2,1-3H3,(H,30,31)(H,32,37)/t17-/m1/s1. The van der Waals surface area contributed by atoms with Crippen LogP contribution in [0.15, 0.2) is 30.7 Å². The van der Waals surface area contributed by atoms with Gasteiger partial charge in [-0.3, -0.25) is 9.59 Å². The summed E-state index contributed by atoms with van der Waals surface area (Å²) < 4.78 is 38.5. The van der Waals surface area contributed by atoms with Gasteiger partial charge in [0.2, 0.25) is 11.8 Å². The molecule has 37 heavy (non-hydrogen) atoms. The van der Waals surface area contributed by atoms with E-state index in [0.29, 0.717) is 39.8 Å². The lowest BCUT2D eigenvalue weighted by Gasteiger charge is -2.41. The molecule has 2 N–H and O–H groups in total. The van der Waals surface area contributed by atoms with E-state index in [1.165, 1.54) is 17.3 Å². The fourth-order valence-electron chi connectivity index (χ4n) is 4.18. The number of hydrogen-bond donors (Lipinski definition) is 2. The highest BCUT2D eigenvalue weighted by atomic mass is 35.5. The fourth-order valence-corrected chi connectivity index (χ4v) is 4.34. The lowest BCUT2D eigenvalue weighted by atomic mass is 9.91. The monoisotopic (exact) mass is 537 g/mol. The van der Waals surface area contributed by atoms with Crippen molar-refractivity contribution in [2.45, 2.75) is 39.4 Å². The molecule has 0 aromatic carbocycles. The van der Waals surface area contributed by atoms with Crippen LogP contribution in [0.5, 0.6) is 0 Å². The number of pyridine rings is 1. The minimum absolute atomic E-state index is 0.0649. The number of aromatic amines is 1. The van der Waals surface area contributed by atoms with Crippen molar-refractivity contribution in [1.82, 2.24) is 30.2 Å². The van der Waals surface area contributed by atoms with Gasteiger partial charge in [0.15, 0.2) is 5.82 Å². The van der Waals surface area contributed by atoms with Gasteiger partial charge in [0.1, 0.15) is 24.1 Å². The lowest BCUT2D eigenvalue weighted by Crippen LogP contribution is -2.61. The van der Waals surface area contributed by atoms with Crippen molar-refractivity contribution in [3.8, 4) is 11.4 Å².